The smallest absolute Gasteiger partial charge is 0.347 e. The third-order valence-corrected chi connectivity index (χ3v) is 2.74. The van der Waals surface area contributed by atoms with Crippen molar-refractivity contribution in [3.05, 3.63) is 49.3 Å². The molecule has 3 heterocycles. The monoisotopic (exact) mass is 275 g/mol. The Hall–Kier alpha value is -3.17. The summed E-state index contributed by atoms with van der Waals surface area (Å²) < 4.78 is 2.31. The number of aromatic nitrogens is 6. The Kier molecular flexibility index (Phi) is 2.33. The number of hydrogen-bond donors (Lipinski definition) is 3. The highest BCUT2D eigenvalue weighted by Gasteiger charge is 2.12. The van der Waals surface area contributed by atoms with E-state index in [9.17, 15) is 14.4 Å². The Morgan fingerprint density at radius 3 is 2.65 bits per heavy atom. The first kappa shape index (κ1) is 11.9. The van der Waals surface area contributed by atoms with E-state index < -0.39 is 16.8 Å². The summed E-state index contributed by atoms with van der Waals surface area (Å²) in [6.45, 7) is 1.54. The van der Waals surface area contributed by atoms with Crippen LogP contribution in [-0.4, -0.2) is 29.3 Å². The molecule has 0 saturated carbocycles. The number of anilines is 1. The van der Waals surface area contributed by atoms with Gasteiger partial charge in [-0.1, -0.05) is 0 Å². The van der Waals surface area contributed by atoms with E-state index in [-0.39, 0.29) is 17.1 Å². The molecular weight excluding hydrogens is 266 g/mol. The first-order valence-corrected chi connectivity index (χ1v) is 5.53. The van der Waals surface area contributed by atoms with Crippen molar-refractivity contribution in [1.29, 1.82) is 0 Å². The van der Waals surface area contributed by atoms with Crippen LogP contribution in [0.2, 0.25) is 0 Å². The minimum Gasteiger partial charge on any atom is -0.369 e. The largest absolute Gasteiger partial charge is 0.369 e. The summed E-state index contributed by atoms with van der Waals surface area (Å²) in [7, 11) is 0. The van der Waals surface area contributed by atoms with Crippen LogP contribution in [0.25, 0.3) is 11.2 Å². The average molecular weight is 275 g/mol. The third-order valence-electron chi connectivity index (χ3n) is 2.74. The normalized spacial score (nSPS) is 11.1. The molecule has 0 fully saturated rings. The second-order valence-corrected chi connectivity index (χ2v) is 4.13. The third kappa shape index (κ3) is 1.62. The molecule has 10 heteroatoms. The van der Waals surface area contributed by atoms with E-state index in [2.05, 4.69) is 19.9 Å². The average Bonchev–Trinajstić information content (AvgIpc) is 2.77. The molecule has 0 aliphatic heterocycles. The molecule has 102 valence electrons. The molecule has 0 aromatic carbocycles. The fourth-order valence-electron chi connectivity index (χ4n) is 1.79. The highest BCUT2D eigenvalue weighted by atomic mass is 16.2. The minimum absolute atomic E-state index is 0.0370. The topological polar surface area (TPSA) is 144 Å². The molecule has 0 aliphatic carbocycles. The van der Waals surface area contributed by atoms with Crippen molar-refractivity contribution in [2.75, 3.05) is 5.73 Å². The molecule has 0 bridgehead atoms. The zero-order valence-corrected chi connectivity index (χ0v) is 10.2. The summed E-state index contributed by atoms with van der Waals surface area (Å²) >= 11 is 0. The zero-order chi connectivity index (χ0) is 14.4. The molecule has 0 amide bonds. The predicted octanol–water partition coefficient (Wildman–Crippen LogP) is -1.83. The van der Waals surface area contributed by atoms with Gasteiger partial charge in [0, 0.05) is 11.8 Å². The Morgan fingerprint density at radius 1 is 1.15 bits per heavy atom. The van der Waals surface area contributed by atoms with E-state index in [0.717, 1.165) is 4.68 Å². The molecule has 0 unspecified atom stereocenters. The Morgan fingerprint density at radius 2 is 1.90 bits per heavy atom. The van der Waals surface area contributed by atoms with E-state index >= 15 is 0 Å². The van der Waals surface area contributed by atoms with Crippen molar-refractivity contribution >= 4 is 17.1 Å². The number of imidazole rings is 1. The molecule has 10 nitrogen and oxygen atoms in total. The first-order chi connectivity index (χ1) is 9.47. The van der Waals surface area contributed by atoms with Gasteiger partial charge in [0.2, 0.25) is 5.95 Å². The molecular formula is C10H9N7O3. The number of H-pyrrole nitrogens is 2. The van der Waals surface area contributed by atoms with Gasteiger partial charge in [0.05, 0.1) is 0 Å². The summed E-state index contributed by atoms with van der Waals surface area (Å²) in [6.07, 6.45) is 2.56. The first-order valence-electron chi connectivity index (χ1n) is 5.53. The van der Waals surface area contributed by atoms with Gasteiger partial charge in [0.1, 0.15) is 6.33 Å². The summed E-state index contributed by atoms with van der Waals surface area (Å²) in [5.41, 5.74) is 4.26. The second-order valence-electron chi connectivity index (χ2n) is 4.13. The maximum Gasteiger partial charge on any atom is 0.347 e. The van der Waals surface area contributed by atoms with Crippen LogP contribution in [0.3, 0.4) is 0 Å². The van der Waals surface area contributed by atoms with Crippen LogP contribution in [0.15, 0.2) is 26.9 Å². The Balaban J connectivity index is 2.42. The van der Waals surface area contributed by atoms with Crippen molar-refractivity contribution in [3.8, 4) is 0 Å². The fourth-order valence-corrected chi connectivity index (χ4v) is 1.79. The highest BCUT2D eigenvalue weighted by Crippen LogP contribution is 2.05. The number of nitrogen functional groups attached to an aromatic ring is 1. The standard InChI is InChI=1S/C10H9N7O3/c1-4-2-16(10(20)15-7(4)18)17-3-12-5-6(17)13-9(11)14-8(5)19/h2-3H,1H3,(H,15,18,20)(H3,11,13,14,19). The lowest BCUT2D eigenvalue weighted by Crippen LogP contribution is -2.34. The van der Waals surface area contributed by atoms with Crippen LogP contribution in [0.4, 0.5) is 5.95 Å². The summed E-state index contributed by atoms with van der Waals surface area (Å²) in [6, 6.07) is 0. The van der Waals surface area contributed by atoms with Crippen molar-refractivity contribution in [1.82, 2.24) is 29.3 Å². The van der Waals surface area contributed by atoms with E-state index in [1.807, 2.05) is 0 Å². The maximum atomic E-state index is 11.8. The number of aryl methyl sites for hydroxylation is 1. The number of rotatable bonds is 1. The number of hydrogen-bond acceptors (Lipinski definition) is 6. The maximum absolute atomic E-state index is 11.8. The van der Waals surface area contributed by atoms with Gasteiger partial charge < -0.3 is 5.73 Å². The Labute approximate surface area is 109 Å². The lowest BCUT2D eigenvalue weighted by Gasteiger charge is -2.06. The van der Waals surface area contributed by atoms with Crippen molar-refractivity contribution in [2.45, 2.75) is 6.92 Å². The summed E-state index contributed by atoms with van der Waals surface area (Å²) in [4.78, 5) is 47.1. The lowest BCUT2D eigenvalue weighted by molar-refractivity contribution is 0.615. The fraction of sp³-hybridized carbons (Fsp3) is 0.100. The number of nitrogens with zero attached hydrogens (tertiary/aromatic N) is 4. The SMILES string of the molecule is Cc1cn(-n2cnc3c(=O)[nH]c(N)nc32)c(=O)[nH]c1=O. The molecule has 3 aromatic heterocycles. The van der Waals surface area contributed by atoms with Crippen LogP contribution in [0.1, 0.15) is 5.56 Å². The number of aromatic amines is 2. The van der Waals surface area contributed by atoms with Crippen molar-refractivity contribution in [2.24, 2.45) is 0 Å². The van der Waals surface area contributed by atoms with Crippen LogP contribution in [-0.2, 0) is 0 Å². The highest BCUT2D eigenvalue weighted by molar-refractivity contribution is 5.70. The molecule has 0 saturated heterocycles. The van der Waals surface area contributed by atoms with Gasteiger partial charge in [0.15, 0.2) is 11.2 Å². The molecule has 3 aromatic rings. The summed E-state index contributed by atoms with van der Waals surface area (Å²) in [5, 5.41) is 0. The van der Waals surface area contributed by atoms with Crippen LogP contribution < -0.4 is 22.5 Å². The lowest BCUT2D eigenvalue weighted by atomic mass is 10.4. The van der Waals surface area contributed by atoms with Crippen molar-refractivity contribution < 1.29 is 0 Å². The van der Waals surface area contributed by atoms with Crippen LogP contribution in [0.5, 0.6) is 0 Å². The zero-order valence-electron chi connectivity index (χ0n) is 10.2. The summed E-state index contributed by atoms with van der Waals surface area (Å²) in [5.74, 6) is -0.0987. The number of nitrogens with one attached hydrogen (secondary N) is 2. The molecule has 0 spiro atoms. The van der Waals surface area contributed by atoms with Gasteiger partial charge in [-0.15, -0.1) is 0 Å². The molecule has 0 atom stereocenters. The number of nitrogens with two attached hydrogens (primary N) is 1. The van der Waals surface area contributed by atoms with Gasteiger partial charge >= 0.3 is 5.69 Å². The van der Waals surface area contributed by atoms with Gasteiger partial charge in [-0.2, -0.15) is 4.98 Å². The van der Waals surface area contributed by atoms with E-state index in [1.165, 1.54) is 17.2 Å². The van der Waals surface area contributed by atoms with Crippen LogP contribution >= 0.6 is 0 Å². The molecule has 20 heavy (non-hydrogen) atoms. The predicted molar refractivity (Wildman–Crippen MR) is 69.4 cm³/mol. The van der Waals surface area contributed by atoms with E-state index in [1.54, 1.807) is 6.92 Å². The van der Waals surface area contributed by atoms with Gasteiger partial charge in [0.25, 0.3) is 11.1 Å². The van der Waals surface area contributed by atoms with Crippen LogP contribution in [0, 0.1) is 6.92 Å². The van der Waals surface area contributed by atoms with Gasteiger partial charge in [-0.05, 0) is 6.92 Å². The minimum atomic E-state index is -0.680. The van der Waals surface area contributed by atoms with E-state index in [4.69, 9.17) is 5.73 Å². The molecule has 0 aliphatic rings. The van der Waals surface area contributed by atoms with Gasteiger partial charge in [-0.3, -0.25) is 19.6 Å². The van der Waals surface area contributed by atoms with Gasteiger partial charge in [-0.25, -0.2) is 19.1 Å². The molecule has 4 N–H and O–H groups in total. The van der Waals surface area contributed by atoms with Crippen molar-refractivity contribution in [3.63, 3.8) is 0 Å². The molecule has 0 radical (unpaired) electrons. The quantitative estimate of drug-likeness (QED) is 0.476. The Bertz CT molecular complexity index is 990. The van der Waals surface area contributed by atoms with E-state index in [0.29, 0.717) is 5.56 Å². The number of fused-ring (bicyclic) bond motifs is 1. The second kappa shape index (κ2) is 3.91. The molecule has 3 rings (SSSR count).